The van der Waals surface area contributed by atoms with Gasteiger partial charge in [-0.1, -0.05) is 29.8 Å². The molecule has 1 fully saturated rings. The van der Waals surface area contributed by atoms with Crippen molar-refractivity contribution in [1.29, 1.82) is 0 Å². The lowest BCUT2D eigenvalue weighted by Crippen LogP contribution is -2.31. The van der Waals surface area contributed by atoms with E-state index in [-0.39, 0.29) is 5.65 Å². The molecule has 1 aliphatic heterocycles. The molecule has 1 saturated heterocycles. The van der Waals surface area contributed by atoms with Crippen LogP contribution in [0.4, 0.5) is 19.0 Å². The van der Waals surface area contributed by atoms with Crippen molar-refractivity contribution < 1.29 is 13.2 Å². The van der Waals surface area contributed by atoms with Gasteiger partial charge in [-0.15, -0.1) is 15.3 Å². The molecule has 3 heterocycles. The van der Waals surface area contributed by atoms with Gasteiger partial charge in [0.05, 0.1) is 0 Å². The van der Waals surface area contributed by atoms with E-state index >= 15 is 0 Å². The Bertz CT molecular complexity index is 950. The molecule has 6 nitrogen and oxygen atoms in total. The third-order valence-corrected chi connectivity index (χ3v) is 4.94. The molecule has 1 aliphatic rings. The van der Waals surface area contributed by atoms with E-state index < -0.39 is 12.0 Å². The zero-order valence-electron chi connectivity index (χ0n) is 15.5. The first-order chi connectivity index (χ1) is 13.4. The van der Waals surface area contributed by atoms with Crippen LogP contribution in [0.1, 0.15) is 23.4 Å². The summed E-state index contributed by atoms with van der Waals surface area (Å²) < 4.78 is 40.1. The summed E-state index contributed by atoms with van der Waals surface area (Å²) in [5, 5.41) is 11.0. The van der Waals surface area contributed by atoms with Gasteiger partial charge < -0.3 is 4.90 Å². The van der Waals surface area contributed by atoms with Crippen molar-refractivity contribution in [2.75, 3.05) is 31.1 Å². The summed E-state index contributed by atoms with van der Waals surface area (Å²) in [6.45, 7) is 6.14. The molecule has 0 saturated carbocycles. The first kappa shape index (κ1) is 18.7. The average Bonchev–Trinajstić information content (AvgIpc) is 2.96. The number of hydrogen-bond acceptors (Lipinski definition) is 5. The summed E-state index contributed by atoms with van der Waals surface area (Å²) in [7, 11) is 0. The zero-order valence-corrected chi connectivity index (χ0v) is 15.5. The maximum atomic E-state index is 13.1. The number of aryl methyl sites for hydroxylation is 1. The molecule has 148 valence electrons. The van der Waals surface area contributed by atoms with E-state index in [1.54, 1.807) is 6.07 Å². The van der Waals surface area contributed by atoms with Crippen molar-refractivity contribution >= 4 is 11.5 Å². The highest BCUT2D eigenvalue weighted by atomic mass is 19.4. The Balaban J connectivity index is 1.48. The van der Waals surface area contributed by atoms with Gasteiger partial charge in [0.2, 0.25) is 0 Å². The molecule has 4 rings (SSSR count). The second kappa shape index (κ2) is 7.38. The molecule has 0 aliphatic carbocycles. The summed E-state index contributed by atoms with van der Waals surface area (Å²) in [6, 6.07) is 11.7. The van der Waals surface area contributed by atoms with Crippen LogP contribution < -0.4 is 4.90 Å². The van der Waals surface area contributed by atoms with E-state index in [2.05, 4.69) is 51.4 Å². The summed E-state index contributed by atoms with van der Waals surface area (Å²) in [4.78, 5) is 4.39. The van der Waals surface area contributed by atoms with Crippen LogP contribution in [0.2, 0.25) is 0 Å². The van der Waals surface area contributed by atoms with Crippen molar-refractivity contribution in [2.45, 2.75) is 26.1 Å². The molecule has 0 spiro atoms. The fourth-order valence-electron chi connectivity index (χ4n) is 3.43. The van der Waals surface area contributed by atoms with Crippen molar-refractivity contribution in [2.24, 2.45) is 0 Å². The predicted octanol–water partition coefficient (Wildman–Crippen LogP) is 3.16. The first-order valence-electron chi connectivity index (χ1n) is 9.23. The Kier molecular flexibility index (Phi) is 4.92. The smallest absolute Gasteiger partial charge is 0.354 e. The first-order valence-corrected chi connectivity index (χ1v) is 9.23. The van der Waals surface area contributed by atoms with E-state index in [0.717, 1.165) is 37.1 Å². The van der Waals surface area contributed by atoms with Gasteiger partial charge in [-0.25, -0.2) is 0 Å². The average molecular weight is 390 g/mol. The van der Waals surface area contributed by atoms with Crippen LogP contribution in [0.25, 0.3) is 5.65 Å². The number of rotatable bonds is 3. The van der Waals surface area contributed by atoms with Gasteiger partial charge in [-0.05, 0) is 31.0 Å². The minimum atomic E-state index is -4.59. The molecule has 0 atom stereocenters. The molecular weight excluding hydrogens is 369 g/mol. The maximum Gasteiger partial charge on any atom is 0.453 e. The molecule has 28 heavy (non-hydrogen) atoms. The molecular formula is C19H21F3N6. The van der Waals surface area contributed by atoms with Crippen LogP contribution in [0.3, 0.4) is 0 Å². The Morgan fingerprint density at radius 2 is 1.71 bits per heavy atom. The number of alkyl halides is 3. The Morgan fingerprint density at radius 1 is 0.929 bits per heavy atom. The minimum absolute atomic E-state index is 0.0897. The number of hydrogen-bond donors (Lipinski definition) is 0. The minimum Gasteiger partial charge on any atom is -0.354 e. The molecule has 0 bridgehead atoms. The van der Waals surface area contributed by atoms with Gasteiger partial charge in [-0.3, -0.25) is 4.90 Å². The second-order valence-electron chi connectivity index (χ2n) is 7.09. The van der Waals surface area contributed by atoms with Gasteiger partial charge in [0.1, 0.15) is 5.82 Å². The van der Waals surface area contributed by atoms with Gasteiger partial charge in [0.15, 0.2) is 5.65 Å². The molecule has 1 aromatic carbocycles. The van der Waals surface area contributed by atoms with Gasteiger partial charge >= 0.3 is 6.18 Å². The van der Waals surface area contributed by atoms with Gasteiger partial charge in [0, 0.05) is 32.7 Å². The number of benzene rings is 1. The van der Waals surface area contributed by atoms with Crippen molar-refractivity contribution in [3.63, 3.8) is 0 Å². The van der Waals surface area contributed by atoms with E-state index in [1.807, 2.05) is 4.90 Å². The number of nitrogens with zero attached hydrogens (tertiary/aromatic N) is 6. The molecule has 0 radical (unpaired) electrons. The van der Waals surface area contributed by atoms with Crippen LogP contribution in [0.5, 0.6) is 0 Å². The number of aromatic nitrogens is 4. The Labute approximate surface area is 160 Å². The van der Waals surface area contributed by atoms with E-state index in [4.69, 9.17) is 0 Å². The highest BCUT2D eigenvalue weighted by Gasteiger charge is 2.37. The summed E-state index contributed by atoms with van der Waals surface area (Å²) in [5.74, 6) is -0.588. The van der Waals surface area contributed by atoms with E-state index in [0.29, 0.717) is 12.4 Å². The van der Waals surface area contributed by atoms with Crippen molar-refractivity contribution in [1.82, 2.24) is 24.7 Å². The third kappa shape index (κ3) is 3.94. The maximum absolute atomic E-state index is 13.1. The number of fused-ring (bicyclic) bond motifs is 1. The monoisotopic (exact) mass is 390 g/mol. The summed E-state index contributed by atoms with van der Waals surface area (Å²) in [5.41, 5.74) is 2.59. The highest BCUT2D eigenvalue weighted by Crippen LogP contribution is 2.28. The molecule has 0 unspecified atom stereocenters. The third-order valence-electron chi connectivity index (χ3n) is 4.94. The molecule has 3 aromatic rings. The van der Waals surface area contributed by atoms with Crippen LogP contribution in [-0.2, 0) is 12.7 Å². The fourth-order valence-corrected chi connectivity index (χ4v) is 3.43. The van der Waals surface area contributed by atoms with Gasteiger partial charge in [0.25, 0.3) is 5.82 Å². The predicted molar refractivity (Wildman–Crippen MR) is 99.1 cm³/mol. The molecule has 0 amide bonds. The van der Waals surface area contributed by atoms with E-state index in [1.165, 1.54) is 17.2 Å². The Morgan fingerprint density at radius 3 is 2.46 bits per heavy atom. The van der Waals surface area contributed by atoms with Crippen LogP contribution >= 0.6 is 0 Å². The lowest BCUT2D eigenvalue weighted by molar-refractivity contribution is -0.146. The number of anilines is 1. The number of halogens is 3. The highest BCUT2D eigenvalue weighted by molar-refractivity contribution is 5.46. The van der Waals surface area contributed by atoms with Crippen molar-refractivity contribution in [3.05, 3.63) is 53.3 Å². The standard InChI is InChI=1S/C19H21F3N6/c1-14-3-5-15(6-4-14)13-26-9-2-10-27(12-11-26)17-8-7-16-23-24-18(19(20,21)22)28(16)25-17/h3-8H,2,9-13H2,1H3. The van der Waals surface area contributed by atoms with E-state index in [9.17, 15) is 13.2 Å². The lowest BCUT2D eigenvalue weighted by Gasteiger charge is -2.22. The topological polar surface area (TPSA) is 49.6 Å². The molecule has 2 aromatic heterocycles. The largest absolute Gasteiger partial charge is 0.453 e. The second-order valence-corrected chi connectivity index (χ2v) is 7.09. The molecule has 9 heteroatoms. The quantitative estimate of drug-likeness (QED) is 0.688. The lowest BCUT2D eigenvalue weighted by atomic mass is 10.1. The Hall–Kier alpha value is -2.68. The SMILES string of the molecule is Cc1ccc(CN2CCCN(c3ccc4nnc(C(F)(F)F)n4n3)CC2)cc1. The summed E-state index contributed by atoms with van der Waals surface area (Å²) in [6.07, 6.45) is -3.67. The van der Waals surface area contributed by atoms with Crippen LogP contribution in [0.15, 0.2) is 36.4 Å². The zero-order chi connectivity index (χ0) is 19.7. The fraction of sp³-hybridized carbons (Fsp3) is 0.421. The summed E-state index contributed by atoms with van der Waals surface area (Å²) >= 11 is 0. The van der Waals surface area contributed by atoms with Crippen LogP contribution in [-0.4, -0.2) is 50.9 Å². The van der Waals surface area contributed by atoms with Crippen molar-refractivity contribution in [3.8, 4) is 0 Å². The molecule has 0 N–H and O–H groups in total. The normalized spacial score (nSPS) is 16.5. The van der Waals surface area contributed by atoms with Crippen LogP contribution in [0, 0.1) is 6.92 Å². The van der Waals surface area contributed by atoms with Gasteiger partial charge in [-0.2, -0.15) is 17.7 Å².